The van der Waals surface area contributed by atoms with E-state index in [2.05, 4.69) is 5.32 Å². The molecular weight excluding hydrogens is 262 g/mol. The highest BCUT2D eigenvalue weighted by Gasteiger charge is 2.13. The Morgan fingerprint density at radius 2 is 1.70 bits per heavy atom. The summed E-state index contributed by atoms with van der Waals surface area (Å²) in [5, 5.41) is 12.8. The lowest BCUT2D eigenvalue weighted by Gasteiger charge is -2.16. The maximum Gasteiger partial charge on any atom is 0.203 e. The van der Waals surface area contributed by atoms with Crippen LogP contribution in [0.3, 0.4) is 0 Å². The third-order valence-corrected chi connectivity index (χ3v) is 2.72. The van der Waals surface area contributed by atoms with E-state index in [-0.39, 0.29) is 0 Å². The van der Waals surface area contributed by atoms with E-state index in [4.69, 9.17) is 18.9 Å². The number of hydrogen-bond acceptors (Lipinski definition) is 6. The van der Waals surface area contributed by atoms with Crippen molar-refractivity contribution in [3.63, 3.8) is 0 Å². The number of rotatable bonds is 9. The first-order chi connectivity index (χ1) is 9.65. The van der Waals surface area contributed by atoms with Crippen LogP contribution >= 0.6 is 0 Å². The van der Waals surface area contributed by atoms with Crippen LogP contribution in [0.5, 0.6) is 17.2 Å². The monoisotopic (exact) mass is 285 g/mol. The van der Waals surface area contributed by atoms with Crippen molar-refractivity contribution >= 4 is 5.69 Å². The molecule has 1 atom stereocenters. The third-order valence-electron chi connectivity index (χ3n) is 2.72. The average Bonchev–Trinajstić information content (AvgIpc) is 2.49. The Kier molecular flexibility index (Phi) is 6.97. The molecule has 0 aliphatic rings. The zero-order chi connectivity index (χ0) is 15.0. The fraction of sp³-hybridized carbons (Fsp3) is 0.571. The van der Waals surface area contributed by atoms with Gasteiger partial charge in [-0.1, -0.05) is 0 Å². The minimum absolute atomic E-state index is 0.300. The van der Waals surface area contributed by atoms with Crippen LogP contribution in [0.4, 0.5) is 5.69 Å². The summed E-state index contributed by atoms with van der Waals surface area (Å²) in [5.74, 6) is 1.66. The predicted molar refractivity (Wildman–Crippen MR) is 77.1 cm³/mol. The minimum Gasteiger partial charge on any atom is -0.493 e. The molecule has 0 amide bonds. The minimum atomic E-state index is -0.575. The number of methoxy groups -OCH3 is 3. The lowest BCUT2D eigenvalue weighted by Crippen LogP contribution is -2.24. The van der Waals surface area contributed by atoms with E-state index in [1.165, 1.54) is 0 Å². The highest BCUT2D eigenvalue weighted by atomic mass is 16.5. The predicted octanol–water partition coefficient (Wildman–Crippen LogP) is 1.52. The van der Waals surface area contributed by atoms with Gasteiger partial charge in [-0.25, -0.2) is 0 Å². The van der Waals surface area contributed by atoms with Crippen LogP contribution in [0.1, 0.15) is 6.92 Å². The van der Waals surface area contributed by atoms with Crippen LogP contribution in [-0.2, 0) is 4.74 Å². The first-order valence-corrected chi connectivity index (χ1v) is 6.45. The van der Waals surface area contributed by atoms with Gasteiger partial charge in [0.15, 0.2) is 11.5 Å². The zero-order valence-corrected chi connectivity index (χ0v) is 12.4. The Bertz CT molecular complexity index is 386. The number of anilines is 1. The molecule has 20 heavy (non-hydrogen) atoms. The van der Waals surface area contributed by atoms with Crippen LogP contribution in [0, 0.1) is 0 Å². The van der Waals surface area contributed by atoms with Crippen LogP contribution in [0.15, 0.2) is 12.1 Å². The summed E-state index contributed by atoms with van der Waals surface area (Å²) in [4.78, 5) is 0. The summed E-state index contributed by atoms with van der Waals surface area (Å²) in [6.07, 6.45) is -0.575. The summed E-state index contributed by atoms with van der Waals surface area (Å²) in [6.45, 7) is 3.15. The second-order valence-corrected chi connectivity index (χ2v) is 4.11. The standard InChI is InChI=1S/C14H23NO5/c1-5-20-9-11(16)8-15-10-6-12(17-2)14(19-4)13(7-10)18-3/h6-7,11,15-16H,5,8-9H2,1-4H3. The van der Waals surface area contributed by atoms with E-state index in [9.17, 15) is 5.11 Å². The molecule has 0 radical (unpaired) electrons. The van der Waals surface area contributed by atoms with Gasteiger partial charge in [-0.05, 0) is 6.92 Å². The van der Waals surface area contributed by atoms with Crippen LogP contribution in [-0.4, -0.2) is 52.3 Å². The Morgan fingerprint density at radius 1 is 1.10 bits per heavy atom. The second kappa shape index (κ2) is 8.50. The van der Waals surface area contributed by atoms with Gasteiger partial charge in [-0.2, -0.15) is 0 Å². The SMILES string of the molecule is CCOCC(O)CNc1cc(OC)c(OC)c(OC)c1. The molecule has 0 aliphatic heterocycles. The second-order valence-electron chi connectivity index (χ2n) is 4.11. The summed E-state index contributed by atoms with van der Waals surface area (Å²) in [7, 11) is 4.68. The fourth-order valence-corrected chi connectivity index (χ4v) is 1.73. The lowest BCUT2D eigenvalue weighted by atomic mass is 10.2. The van der Waals surface area contributed by atoms with E-state index in [0.29, 0.717) is 37.0 Å². The maximum absolute atomic E-state index is 9.72. The summed E-state index contributed by atoms with van der Waals surface area (Å²) in [6, 6.07) is 3.57. The van der Waals surface area contributed by atoms with Gasteiger partial charge in [0.2, 0.25) is 5.75 Å². The molecule has 0 fully saturated rings. The van der Waals surface area contributed by atoms with Gasteiger partial charge in [0.05, 0.1) is 34.0 Å². The van der Waals surface area contributed by atoms with Crippen molar-refractivity contribution in [2.45, 2.75) is 13.0 Å². The fourth-order valence-electron chi connectivity index (χ4n) is 1.73. The van der Waals surface area contributed by atoms with Crippen molar-refractivity contribution in [3.05, 3.63) is 12.1 Å². The highest BCUT2D eigenvalue weighted by Crippen LogP contribution is 2.39. The molecule has 1 rings (SSSR count). The molecule has 1 unspecified atom stereocenters. The van der Waals surface area contributed by atoms with E-state index in [1.807, 2.05) is 6.92 Å². The van der Waals surface area contributed by atoms with Gasteiger partial charge < -0.3 is 29.4 Å². The van der Waals surface area contributed by atoms with Crippen molar-refractivity contribution in [1.29, 1.82) is 0 Å². The molecule has 2 N–H and O–H groups in total. The number of ether oxygens (including phenoxy) is 4. The van der Waals surface area contributed by atoms with Crippen LogP contribution in [0.2, 0.25) is 0 Å². The largest absolute Gasteiger partial charge is 0.493 e. The van der Waals surface area contributed by atoms with Gasteiger partial charge in [0.25, 0.3) is 0 Å². The number of nitrogens with one attached hydrogen (secondary N) is 1. The Labute approximate surface area is 119 Å². The number of hydrogen-bond donors (Lipinski definition) is 2. The normalized spacial score (nSPS) is 11.8. The van der Waals surface area contributed by atoms with Gasteiger partial charge in [-0.15, -0.1) is 0 Å². The number of aliphatic hydroxyl groups excluding tert-OH is 1. The van der Waals surface area contributed by atoms with Crippen LogP contribution < -0.4 is 19.5 Å². The quantitative estimate of drug-likeness (QED) is 0.717. The molecular formula is C14H23NO5. The third kappa shape index (κ3) is 4.47. The van der Waals surface area contributed by atoms with Crippen molar-refractivity contribution in [2.75, 3.05) is 46.4 Å². The van der Waals surface area contributed by atoms with Crippen molar-refractivity contribution in [3.8, 4) is 17.2 Å². The average molecular weight is 285 g/mol. The summed E-state index contributed by atoms with van der Waals surface area (Å²) >= 11 is 0. The Morgan fingerprint density at radius 3 is 2.15 bits per heavy atom. The van der Waals surface area contributed by atoms with Gasteiger partial charge >= 0.3 is 0 Å². The molecule has 0 aromatic heterocycles. The topological polar surface area (TPSA) is 69.2 Å². The van der Waals surface area contributed by atoms with Gasteiger partial charge in [0, 0.05) is 31.0 Å². The molecule has 0 bridgehead atoms. The molecule has 0 saturated carbocycles. The smallest absolute Gasteiger partial charge is 0.203 e. The zero-order valence-electron chi connectivity index (χ0n) is 12.4. The molecule has 0 heterocycles. The maximum atomic E-state index is 9.72. The van der Waals surface area contributed by atoms with E-state index < -0.39 is 6.10 Å². The molecule has 1 aromatic rings. The van der Waals surface area contributed by atoms with Gasteiger partial charge in [0.1, 0.15) is 0 Å². The molecule has 114 valence electrons. The molecule has 6 heteroatoms. The number of aliphatic hydroxyl groups is 1. The Balaban J connectivity index is 2.75. The number of benzene rings is 1. The first-order valence-electron chi connectivity index (χ1n) is 6.45. The van der Waals surface area contributed by atoms with Crippen molar-refractivity contribution in [1.82, 2.24) is 0 Å². The first kappa shape index (κ1) is 16.4. The molecule has 0 spiro atoms. The van der Waals surface area contributed by atoms with E-state index >= 15 is 0 Å². The molecule has 6 nitrogen and oxygen atoms in total. The van der Waals surface area contributed by atoms with Crippen molar-refractivity contribution < 1.29 is 24.1 Å². The molecule has 0 saturated heterocycles. The van der Waals surface area contributed by atoms with Crippen LogP contribution in [0.25, 0.3) is 0 Å². The van der Waals surface area contributed by atoms with E-state index in [1.54, 1.807) is 33.5 Å². The molecule has 1 aromatic carbocycles. The lowest BCUT2D eigenvalue weighted by molar-refractivity contribution is 0.0496. The van der Waals surface area contributed by atoms with Crippen molar-refractivity contribution in [2.24, 2.45) is 0 Å². The molecule has 0 aliphatic carbocycles. The van der Waals surface area contributed by atoms with Gasteiger partial charge in [-0.3, -0.25) is 0 Å². The van der Waals surface area contributed by atoms with E-state index in [0.717, 1.165) is 5.69 Å². The summed E-state index contributed by atoms with van der Waals surface area (Å²) in [5.41, 5.74) is 0.773. The highest BCUT2D eigenvalue weighted by molar-refractivity contribution is 5.62. The Hall–Kier alpha value is -1.66. The summed E-state index contributed by atoms with van der Waals surface area (Å²) < 4.78 is 20.9.